The van der Waals surface area contributed by atoms with Gasteiger partial charge < -0.3 is 14.7 Å². The molecule has 0 aliphatic rings. The molecule has 0 saturated heterocycles. The zero-order chi connectivity index (χ0) is 12.1. The molecule has 1 rings (SSSR count). The van der Waals surface area contributed by atoms with Crippen molar-refractivity contribution in [1.29, 1.82) is 0 Å². The molecular formula is C12H17NO3. The fourth-order valence-corrected chi connectivity index (χ4v) is 1.57. The minimum Gasteiger partial charge on any atom is -0.508 e. The van der Waals surface area contributed by atoms with Gasteiger partial charge in [-0.2, -0.15) is 0 Å². The first-order valence-electron chi connectivity index (χ1n) is 5.19. The summed E-state index contributed by atoms with van der Waals surface area (Å²) in [4.78, 5) is 13.4. The first kappa shape index (κ1) is 12.5. The van der Waals surface area contributed by atoms with E-state index in [1.54, 1.807) is 23.1 Å². The Morgan fingerprint density at radius 3 is 2.75 bits per heavy atom. The van der Waals surface area contributed by atoms with Crippen LogP contribution in [-0.4, -0.2) is 31.3 Å². The number of rotatable bonds is 4. The normalized spacial score (nSPS) is 10.2. The highest BCUT2D eigenvalue weighted by Crippen LogP contribution is 2.24. The van der Waals surface area contributed by atoms with E-state index in [1.807, 2.05) is 13.8 Å². The average molecular weight is 223 g/mol. The number of amides is 1. The van der Waals surface area contributed by atoms with Crippen LogP contribution in [0.3, 0.4) is 0 Å². The number of anilines is 1. The Morgan fingerprint density at radius 2 is 2.19 bits per heavy atom. The number of nitrogens with zero attached hydrogens (tertiary/aromatic N) is 1. The number of methoxy groups -OCH3 is 1. The smallest absolute Gasteiger partial charge is 0.252 e. The predicted octanol–water partition coefficient (Wildman–Crippen LogP) is 1.70. The minimum atomic E-state index is -0.112. The molecule has 16 heavy (non-hydrogen) atoms. The second-order valence-corrected chi connectivity index (χ2v) is 3.54. The average Bonchev–Trinajstić information content (AvgIpc) is 2.24. The van der Waals surface area contributed by atoms with Gasteiger partial charge in [0.25, 0.3) is 5.91 Å². The zero-order valence-corrected chi connectivity index (χ0v) is 9.86. The molecule has 4 heteroatoms. The van der Waals surface area contributed by atoms with Crippen LogP contribution in [-0.2, 0) is 9.53 Å². The number of phenolic OH excluding ortho intramolecular Hbond substituents is 1. The van der Waals surface area contributed by atoms with E-state index < -0.39 is 0 Å². The number of benzene rings is 1. The number of hydrogen-bond donors (Lipinski definition) is 1. The van der Waals surface area contributed by atoms with Crippen LogP contribution in [0.1, 0.15) is 12.5 Å². The largest absolute Gasteiger partial charge is 0.508 e. The predicted molar refractivity (Wildman–Crippen MR) is 62.7 cm³/mol. The van der Waals surface area contributed by atoms with Gasteiger partial charge in [-0.15, -0.1) is 0 Å². The van der Waals surface area contributed by atoms with Crippen molar-refractivity contribution in [3.8, 4) is 5.75 Å². The molecule has 0 unspecified atom stereocenters. The van der Waals surface area contributed by atoms with Gasteiger partial charge in [0.2, 0.25) is 0 Å². The van der Waals surface area contributed by atoms with Crippen LogP contribution in [0.2, 0.25) is 0 Å². The standard InChI is InChI=1S/C12H17NO3/c1-4-13(12(15)8-16-3)11-7-10(14)6-5-9(11)2/h5-7,14H,4,8H2,1-3H3. The van der Waals surface area contributed by atoms with Crippen molar-refractivity contribution < 1.29 is 14.6 Å². The van der Waals surface area contributed by atoms with Crippen molar-refractivity contribution in [2.24, 2.45) is 0 Å². The van der Waals surface area contributed by atoms with Crippen molar-refractivity contribution in [2.75, 3.05) is 25.2 Å². The fraction of sp³-hybridized carbons (Fsp3) is 0.417. The summed E-state index contributed by atoms with van der Waals surface area (Å²) in [6.07, 6.45) is 0. The van der Waals surface area contributed by atoms with Crippen LogP contribution in [0.25, 0.3) is 0 Å². The maximum atomic E-state index is 11.8. The lowest BCUT2D eigenvalue weighted by atomic mass is 10.1. The Labute approximate surface area is 95.5 Å². The lowest BCUT2D eigenvalue weighted by molar-refractivity contribution is -0.122. The molecule has 0 radical (unpaired) electrons. The van der Waals surface area contributed by atoms with Crippen molar-refractivity contribution in [3.05, 3.63) is 23.8 Å². The first-order chi connectivity index (χ1) is 7.60. The number of carbonyl (C=O) groups is 1. The van der Waals surface area contributed by atoms with Crippen molar-refractivity contribution in [2.45, 2.75) is 13.8 Å². The van der Waals surface area contributed by atoms with Crippen LogP contribution < -0.4 is 4.90 Å². The highest BCUT2D eigenvalue weighted by atomic mass is 16.5. The molecule has 4 nitrogen and oxygen atoms in total. The molecule has 1 aromatic carbocycles. The number of likely N-dealkylation sites (N-methyl/N-ethyl adjacent to an activating group) is 1. The Bertz CT molecular complexity index is 377. The summed E-state index contributed by atoms with van der Waals surface area (Å²) in [5.74, 6) is 0.0444. The summed E-state index contributed by atoms with van der Waals surface area (Å²) < 4.78 is 4.82. The molecule has 0 saturated carbocycles. The SMILES string of the molecule is CCN(C(=O)COC)c1cc(O)ccc1C. The highest BCUT2D eigenvalue weighted by Gasteiger charge is 2.15. The van der Waals surface area contributed by atoms with Gasteiger partial charge in [0.1, 0.15) is 12.4 Å². The lowest BCUT2D eigenvalue weighted by Gasteiger charge is -2.22. The summed E-state index contributed by atoms with van der Waals surface area (Å²) in [6, 6.07) is 4.98. The van der Waals surface area contributed by atoms with E-state index in [0.717, 1.165) is 11.3 Å². The molecule has 0 aromatic heterocycles. The maximum absolute atomic E-state index is 11.8. The van der Waals surface area contributed by atoms with Crippen molar-refractivity contribution >= 4 is 11.6 Å². The monoisotopic (exact) mass is 223 g/mol. The second kappa shape index (κ2) is 5.51. The molecule has 0 spiro atoms. The summed E-state index contributed by atoms with van der Waals surface area (Å²) in [5.41, 5.74) is 1.67. The number of ether oxygens (including phenoxy) is 1. The molecule has 1 amide bonds. The summed E-state index contributed by atoms with van der Waals surface area (Å²) >= 11 is 0. The van der Waals surface area contributed by atoms with E-state index in [0.29, 0.717) is 6.54 Å². The molecule has 0 aliphatic carbocycles. The van der Waals surface area contributed by atoms with Gasteiger partial charge in [-0.25, -0.2) is 0 Å². The van der Waals surface area contributed by atoms with Gasteiger partial charge in [0, 0.05) is 19.7 Å². The molecule has 1 aromatic rings. The van der Waals surface area contributed by atoms with E-state index in [2.05, 4.69) is 0 Å². The van der Waals surface area contributed by atoms with Gasteiger partial charge in [-0.1, -0.05) is 6.07 Å². The Kier molecular flexibility index (Phi) is 4.31. The fourth-order valence-electron chi connectivity index (χ4n) is 1.57. The third-order valence-electron chi connectivity index (χ3n) is 2.37. The number of phenols is 1. The van der Waals surface area contributed by atoms with Crippen LogP contribution in [0.5, 0.6) is 5.75 Å². The van der Waals surface area contributed by atoms with Crippen molar-refractivity contribution in [3.63, 3.8) is 0 Å². The van der Waals surface area contributed by atoms with Crippen molar-refractivity contribution in [1.82, 2.24) is 0 Å². The Morgan fingerprint density at radius 1 is 1.50 bits per heavy atom. The molecule has 0 bridgehead atoms. The van der Waals surface area contributed by atoms with E-state index >= 15 is 0 Å². The number of hydrogen-bond acceptors (Lipinski definition) is 3. The summed E-state index contributed by atoms with van der Waals surface area (Å²) in [7, 11) is 1.49. The van der Waals surface area contributed by atoms with E-state index in [4.69, 9.17) is 4.74 Å². The summed E-state index contributed by atoms with van der Waals surface area (Å²) in [5, 5.41) is 9.42. The Balaban J connectivity index is 3.03. The third kappa shape index (κ3) is 2.73. The zero-order valence-electron chi connectivity index (χ0n) is 9.86. The molecule has 1 N–H and O–H groups in total. The van der Waals surface area contributed by atoms with Crippen LogP contribution >= 0.6 is 0 Å². The number of carbonyl (C=O) groups excluding carboxylic acids is 1. The first-order valence-corrected chi connectivity index (χ1v) is 5.19. The molecule has 0 aliphatic heterocycles. The molecule has 88 valence electrons. The topological polar surface area (TPSA) is 49.8 Å². The lowest BCUT2D eigenvalue weighted by Crippen LogP contribution is -2.34. The number of aryl methyl sites for hydroxylation is 1. The second-order valence-electron chi connectivity index (χ2n) is 3.54. The van der Waals surface area contributed by atoms with Gasteiger partial charge >= 0.3 is 0 Å². The van der Waals surface area contributed by atoms with Crippen LogP contribution in [0.15, 0.2) is 18.2 Å². The van der Waals surface area contributed by atoms with Crippen LogP contribution in [0, 0.1) is 6.92 Å². The molecule has 0 fully saturated rings. The van der Waals surface area contributed by atoms with E-state index in [1.165, 1.54) is 7.11 Å². The quantitative estimate of drug-likeness (QED) is 0.845. The third-order valence-corrected chi connectivity index (χ3v) is 2.37. The van der Waals surface area contributed by atoms with Gasteiger partial charge in [-0.05, 0) is 25.5 Å². The maximum Gasteiger partial charge on any atom is 0.252 e. The molecule has 0 atom stereocenters. The van der Waals surface area contributed by atoms with E-state index in [9.17, 15) is 9.90 Å². The highest BCUT2D eigenvalue weighted by molar-refractivity contribution is 5.95. The van der Waals surface area contributed by atoms with Crippen LogP contribution in [0.4, 0.5) is 5.69 Å². The van der Waals surface area contributed by atoms with E-state index in [-0.39, 0.29) is 18.3 Å². The molecule has 0 heterocycles. The van der Waals surface area contributed by atoms with Gasteiger partial charge in [0.05, 0.1) is 5.69 Å². The number of aromatic hydroxyl groups is 1. The summed E-state index contributed by atoms with van der Waals surface area (Å²) in [6.45, 7) is 4.38. The molecular weight excluding hydrogens is 206 g/mol. The van der Waals surface area contributed by atoms with Gasteiger partial charge in [0.15, 0.2) is 0 Å². The Hall–Kier alpha value is -1.55. The van der Waals surface area contributed by atoms with Gasteiger partial charge in [-0.3, -0.25) is 4.79 Å². The minimum absolute atomic E-state index is 0.0446.